The van der Waals surface area contributed by atoms with Crippen LogP contribution in [-0.2, 0) is 4.79 Å². The second-order valence-corrected chi connectivity index (χ2v) is 4.81. The molecule has 0 spiro atoms. The predicted molar refractivity (Wildman–Crippen MR) is 78.5 cm³/mol. The Morgan fingerprint density at radius 3 is 2.76 bits per heavy atom. The quantitative estimate of drug-likeness (QED) is 0.886. The van der Waals surface area contributed by atoms with Gasteiger partial charge < -0.3 is 15.1 Å². The largest absolute Gasteiger partial charge is 0.444 e. The molecule has 0 saturated heterocycles. The molecule has 0 saturated carbocycles. The van der Waals surface area contributed by atoms with Gasteiger partial charge in [0.05, 0.1) is 18.2 Å². The summed E-state index contributed by atoms with van der Waals surface area (Å²) in [6.07, 6.45) is 0. The van der Waals surface area contributed by atoms with Gasteiger partial charge in [-0.05, 0) is 46.3 Å². The number of benzene rings is 1. The Hall–Kier alpha value is -2.59. The average Bonchev–Trinajstić information content (AvgIpc) is 2.91. The monoisotopic (exact) mass is 347 g/mol. The van der Waals surface area contributed by atoms with E-state index in [0.29, 0.717) is 15.9 Å². The summed E-state index contributed by atoms with van der Waals surface area (Å²) in [5.74, 6) is -0.771. The number of amides is 2. The number of nitriles is 1. The van der Waals surface area contributed by atoms with E-state index >= 15 is 0 Å². The maximum absolute atomic E-state index is 11.7. The lowest BCUT2D eigenvalue weighted by molar-refractivity contribution is -0.115. The van der Waals surface area contributed by atoms with Gasteiger partial charge in [0.2, 0.25) is 5.91 Å². The van der Waals surface area contributed by atoms with Crippen LogP contribution in [0.25, 0.3) is 0 Å². The van der Waals surface area contributed by atoms with Crippen LogP contribution in [0.5, 0.6) is 0 Å². The third kappa shape index (κ3) is 4.19. The summed E-state index contributed by atoms with van der Waals surface area (Å²) in [5, 5.41) is 13.8. The molecule has 1 aromatic heterocycles. The van der Waals surface area contributed by atoms with E-state index in [9.17, 15) is 9.59 Å². The standard InChI is InChI=1S/C14H10BrN3O3/c15-12-5-4-11(21-12)14(20)17-8-13(19)18-10-3-1-2-9(6-10)7-16/h1-6H,8H2,(H,17,20)(H,18,19). The number of nitrogens with zero attached hydrogens (tertiary/aromatic N) is 1. The van der Waals surface area contributed by atoms with E-state index in [1.165, 1.54) is 6.07 Å². The molecule has 1 aromatic carbocycles. The summed E-state index contributed by atoms with van der Waals surface area (Å²) < 4.78 is 5.50. The highest BCUT2D eigenvalue weighted by molar-refractivity contribution is 9.10. The first kappa shape index (κ1) is 14.8. The maximum Gasteiger partial charge on any atom is 0.287 e. The highest BCUT2D eigenvalue weighted by atomic mass is 79.9. The number of carbonyl (C=O) groups excluding carboxylic acids is 2. The van der Waals surface area contributed by atoms with Crippen LogP contribution in [0.3, 0.4) is 0 Å². The highest BCUT2D eigenvalue weighted by Gasteiger charge is 2.11. The topological polar surface area (TPSA) is 95.1 Å². The Balaban J connectivity index is 1.87. The Bertz CT molecular complexity index is 718. The first-order chi connectivity index (χ1) is 10.1. The van der Waals surface area contributed by atoms with Gasteiger partial charge in [-0.3, -0.25) is 9.59 Å². The fourth-order valence-electron chi connectivity index (χ4n) is 1.56. The molecule has 1 heterocycles. The number of furan rings is 1. The molecule has 6 nitrogen and oxygen atoms in total. The van der Waals surface area contributed by atoms with Gasteiger partial charge in [0.15, 0.2) is 10.4 Å². The molecule has 0 radical (unpaired) electrons. The van der Waals surface area contributed by atoms with E-state index in [0.717, 1.165) is 0 Å². The Morgan fingerprint density at radius 2 is 2.10 bits per heavy atom. The Morgan fingerprint density at radius 1 is 1.29 bits per heavy atom. The highest BCUT2D eigenvalue weighted by Crippen LogP contribution is 2.13. The summed E-state index contributed by atoms with van der Waals surface area (Å²) in [6, 6.07) is 11.5. The third-order valence-electron chi connectivity index (χ3n) is 2.48. The van der Waals surface area contributed by atoms with Crippen LogP contribution in [0, 0.1) is 11.3 Å². The molecule has 2 amide bonds. The first-order valence-electron chi connectivity index (χ1n) is 5.92. The molecule has 0 atom stereocenters. The summed E-state index contributed by atoms with van der Waals surface area (Å²) in [7, 11) is 0. The molecule has 0 aliphatic rings. The van der Waals surface area contributed by atoms with Gasteiger partial charge in [0, 0.05) is 5.69 Å². The van der Waals surface area contributed by atoms with Crippen molar-refractivity contribution < 1.29 is 14.0 Å². The SMILES string of the molecule is N#Cc1cccc(NC(=O)CNC(=O)c2ccc(Br)o2)c1. The van der Waals surface area contributed by atoms with Gasteiger partial charge in [0.1, 0.15) is 0 Å². The molecule has 2 N–H and O–H groups in total. The zero-order valence-corrected chi connectivity index (χ0v) is 12.3. The minimum atomic E-state index is -0.485. The Kier molecular flexibility index (Phi) is 4.74. The van der Waals surface area contributed by atoms with Crippen LogP contribution >= 0.6 is 15.9 Å². The molecule has 0 aliphatic carbocycles. The van der Waals surface area contributed by atoms with Crippen LogP contribution in [-0.4, -0.2) is 18.4 Å². The number of hydrogen-bond acceptors (Lipinski definition) is 4. The van der Waals surface area contributed by atoms with Crippen molar-refractivity contribution in [1.29, 1.82) is 5.26 Å². The summed E-state index contributed by atoms with van der Waals surface area (Å²) in [4.78, 5) is 23.4. The molecule has 106 valence electrons. The van der Waals surface area contributed by atoms with E-state index in [2.05, 4.69) is 26.6 Å². The number of hydrogen-bond donors (Lipinski definition) is 2. The molecule has 2 rings (SSSR count). The lowest BCUT2D eigenvalue weighted by Gasteiger charge is -2.06. The van der Waals surface area contributed by atoms with Crippen molar-refractivity contribution in [3.05, 3.63) is 52.4 Å². The fraction of sp³-hybridized carbons (Fsp3) is 0.0714. The van der Waals surface area contributed by atoms with Crippen molar-refractivity contribution in [3.8, 4) is 6.07 Å². The molecule has 0 unspecified atom stereocenters. The minimum absolute atomic E-state index is 0.112. The molecule has 7 heteroatoms. The molecule has 0 aliphatic heterocycles. The van der Waals surface area contributed by atoms with E-state index in [4.69, 9.17) is 9.68 Å². The minimum Gasteiger partial charge on any atom is -0.444 e. The van der Waals surface area contributed by atoms with Gasteiger partial charge in [-0.1, -0.05) is 6.07 Å². The third-order valence-corrected chi connectivity index (χ3v) is 2.91. The van der Waals surface area contributed by atoms with Gasteiger partial charge in [0.25, 0.3) is 5.91 Å². The van der Waals surface area contributed by atoms with Crippen molar-refractivity contribution in [2.45, 2.75) is 0 Å². The molecule has 21 heavy (non-hydrogen) atoms. The van der Waals surface area contributed by atoms with Crippen LogP contribution in [0.4, 0.5) is 5.69 Å². The summed E-state index contributed by atoms with van der Waals surface area (Å²) in [6.45, 7) is -0.200. The predicted octanol–water partition coefficient (Wildman–Crippen LogP) is 2.28. The molecule has 0 fully saturated rings. The smallest absolute Gasteiger partial charge is 0.287 e. The van der Waals surface area contributed by atoms with E-state index in [1.807, 2.05) is 6.07 Å². The Labute approximate surface area is 128 Å². The van der Waals surface area contributed by atoms with E-state index < -0.39 is 11.8 Å². The average molecular weight is 348 g/mol. The molecule has 0 bridgehead atoms. The van der Waals surface area contributed by atoms with Crippen LogP contribution < -0.4 is 10.6 Å². The number of carbonyl (C=O) groups is 2. The second kappa shape index (κ2) is 6.72. The normalized spacial score (nSPS) is 9.71. The number of halogens is 1. The molecular formula is C14H10BrN3O3. The van der Waals surface area contributed by atoms with Gasteiger partial charge in [-0.15, -0.1) is 0 Å². The van der Waals surface area contributed by atoms with Crippen LogP contribution in [0.1, 0.15) is 16.1 Å². The number of rotatable bonds is 4. The zero-order chi connectivity index (χ0) is 15.2. The van der Waals surface area contributed by atoms with Crippen LogP contribution in [0.15, 0.2) is 45.5 Å². The van der Waals surface area contributed by atoms with E-state index in [1.54, 1.807) is 30.3 Å². The molecular weight excluding hydrogens is 338 g/mol. The van der Waals surface area contributed by atoms with Crippen molar-refractivity contribution in [3.63, 3.8) is 0 Å². The zero-order valence-electron chi connectivity index (χ0n) is 10.7. The maximum atomic E-state index is 11.7. The van der Waals surface area contributed by atoms with Crippen LogP contribution in [0.2, 0.25) is 0 Å². The summed E-state index contributed by atoms with van der Waals surface area (Å²) >= 11 is 3.09. The van der Waals surface area contributed by atoms with Crippen molar-refractivity contribution >= 4 is 33.4 Å². The lowest BCUT2D eigenvalue weighted by atomic mass is 10.2. The lowest BCUT2D eigenvalue weighted by Crippen LogP contribution is -2.32. The fourth-order valence-corrected chi connectivity index (χ4v) is 1.86. The van der Waals surface area contributed by atoms with Gasteiger partial charge in [-0.25, -0.2) is 0 Å². The van der Waals surface area contributed by atoms with Crippen molar-refractivity contribution in [2.24, 2.45) is 0 Å². The van der Waals surface area contributed by atoms with E-state index in [-0.39, 0.29) is 12.3 Å². The van der Waals surface area contributed by atoms with Crippen molar-refractivity contribution in [2.75, 3.05) is 11.9 Å². The number of anilines is 1. The molecule has 2 aromatic rings. The number of nitrogens with one attached hydrogen (secondary N) is 2. The second-order valence-electron chi connectivity index (χ2n) is 4.03. The first-order valence-corrected chi connectivity index (χ1v) is 6.71. The van der Waals surface area contributed by atoms with Gasteiger partial charge in [-0.2, -0.15) is 5.26 Å². The van der Waals surface area contributed by atoms with Crippen molar-refractivity contribution in [1.82, 2.24) is 5.32 Å². The van der Waals surface area contributed by atoms with Gasteiger partial charge >= 0.3 is 0 Å². The summed E-state index contributed by atoms with van der Waals surface area (Å²) in [5.41, 5.74) is 0.936.